The second kappa shape index (κ2) is 7.26. The lowest BCUT2D eigenvalue weighted by molar-refractivity contribution is 0.425. The lowest BCUT2D eigenvalue weighted by Crippen LogP contribution is -2.02. The summed E-state index contributed by atoms with van der Waals surface area (Å²) in [6.45, 7) is 4.41. The fraction of sp³-hybridized carbons (Fsp3) is 0.316. The minimum Gasteiger partial charge on any atom is -0.424 e. The minimum atomic E-state index is 0.466. The van der Waals surface area contributed by atoms with Gasteiger partial charge in [-0.25, -0.2) is 0 Å². The third-order valence-corrected chi connectivity index (χ3v) is 5.42. The number of benzene rings is 2. The van der Waals surface area contributed by atoms with E-state index in [4.69, 9.17) is 22.1 Å². The van der Waals surface area contributed by atoms with Crippen molar-refractivity contribution in [2.45, 2.75) is 32.6 Å². The van der Waals surface area contributed by atoms with Crippen LogP contribution in [0.5, 0.6) is 11.8 Å². The molecule has 0 unspecified atom stereocenters. The Balaban J connectivity index is 2.13. The SMILES string of the molecule is CCC(CC)c1ccc(N)c2nc(Oc3ccc(Cl)cc3Br)n(C)c12. The number of aryl methyl sites for hydroxylation is 1. The summed E-state index contributed by atoms with van der Waals surface area (Å²) in [6, 6.07) is 9.95. The maximum Gasteiger partial charge on any atom is 0.302 e. The molecule has 1 aromatic heterocycles. The summed E-state index contributed by atoms with van der Waals surface area (Å²) in [5.74, 6) is 1.12. The van der Waals surface area contributed by atoms with E-state index in [2.05, 4.69) is 40.8 Å². The van der Waals surface area contributed by atoms with Crippen LogP contribution in [0.2, 0.25) is 5.02 Å². The van der Waals surface area contributed by atoms with E-state index in [-0.39, 0.29) is 0 Å². The van der Waals surface area contributed by atoms with Crippen LogP contribution in [0, 0.1) is 0 Å². The molecule has 0 fully saturated rings. The number of fused-ring (bicyclic) bond motifs is 1. The molecule has 25 heavy (non-hydrogen) atoms. The topological polar surface area (TPSA) is 53.1 Å². The van der Waals surface area contributed by atoms with Gasteiger partial charge in [0.05, 0.1) is 15.7 Å². The fourth-order valence-electron chi connectivity index (χ4n) is 3.15. The Labute approximate surface area is 161 Å². The zero-order chi connectivity index (χ0) is 18.1. The first kappa shape index (κ1) is 18.1. The van der Waals surface area contributed by atoms with Crippen LogP contribution in [0.4, 0.5) is 5.69 Å². The molecular formula is C19H21BrClN3O. The normalized spacial score (nSPS) is 11.4. The largest absolute Gasteiger partial charge is 0.424 e. The minimum absolute atomic E-state index is 0.466. The molecule has 2 N–H and O–H groups in total. The standard InChI is InChI=1S/C19H21BrClN3O/c1-4-11(5-2)13-7-8-15(22)17-18(13)24(3)19(23-17)25-16-9-6-12(21)10-14(16)20/h6-11H,4-5,22H2,1-3H3. The molecule has 4 nitrogen and oxygen atoms in total. The molecule has 0 aliphatic carbocycles. The maximum absolute atomic E-state index is 6.18. The molecule has 0 bridgehead atoms. The number of hydrogen-bond donors (Lipinski definition) is 1. The Morgan fingerprint density at radius 2 is 1.96 bits per heavy atom. The molecule has 0 saturated heterocycles. The van der Waals surface area contributed by atoms with Gasteiger partial charge in [-0.1, -0.05) is 31.5 Å². The van der Waals surface area contributed by atoms with Crippen molar-refractivity contribution in [3.63, 3.8) is 0 Å². The Kier molecular flexibility index (Phi) is 5.25. The van der Waals surface area contributed by atoms with Gasteiger partial charge in [0.15, 0.2) is 0 Å². The second-order valence-electron chi connectivity index (χ2n) is 6.08. The number of imidazole rings is 1. The lowest BCUT2D eigenvalue weighted by Gasteiger charge is -2.15. The van der Waals surface area contributed by atoms with Crippen LogP contribution in [0.15, 0.2) is 34.8 Å². The van der Waals surface area contributed by atoms with E-state index in [9.17, 15) is 0 Å². The van der Waals surface area contributed by atoms with Crippen LogP contribution in [-0.2, 0) is 7.05 Å². The van der Waals surface area contributed by atoms with E-state index >= 15 is 0 Å². The molecule has 0 radical (unpaired) electrons. The molecule has 6 heteroatoms. The van der Waals surface area contributed by atoms with Crippen molar-refractivity contribution in [3.05, 3.63) is 45.4 Å². The number of rotatable bonds is 5. The molecule has 0 amide bonds. The third kappa shape index (κ3) is 3.35. The highest BCUT2D eigenvalue weighted by molar-refractivity contribution is 9.10. The van der Waals surface area contributed by atoms with Crippen LogP contribution in [-0.4, -0.2) is 9.55 Å². The number of anilines is 1. The average Bonchev–Trinajstić information content (AvgIpc) is 2.91. The van der Waals surface area contributed by atoms with E-state index < -0.39 is 0 Å². The summed E-state index contributed by atoms with van der Waals surface area (Å²) in [5.41, 5.74) is 9.91. The zero-order valence-corrected chi connectivity index (χ0v) is 16.9. The Morgan fingerprint density at radius 3 is 2.60 bits per heavy atom. The first-order chi connectivity index (χ1) is 12.0. The van der Waals surface area contributed by atoms with E-state index in [0.29, 0.717) is 28.4 Å². The molecule has 1 heterocycles. The van der Waals surface area contributed by atoms with Crippen LogP contribution in [0.25, 0.3) is 11.0 Å². The van der Waals surface area contributed by atoms with Gasteiger partial charge >= 0.3 is 6.01 Å². The van der Waals surface area contributed by atoms with E-state index in [0.717, 1.165) is 28.3 Å². The number of ether oxygens (including phenoxy) is 1. The van der Waals surface area contributed by atoms with E-state index in [1.54, 1.807) is 12.1 Å². The predicted octanol–water partition coefficient (Wildman–Crippen LogP) is 6.27. The average molecular weight is 423 g/mol. The highest BCUT2D eigenvalue weighted by atomic mass is 79.9. The molecule has 0 aliphatic heterocycles. The van der Waals surface area contributed by atoms with Crippen molar-refractivity contribution >= 4 is 44.3 Å². The molecule has 132 valence electrons. The van der Waals surface area contributed by atoms with Crippen molar-refractivity contribution in [1.29, 1.82) is 0 Å². The number of nitrogens with two attached hydrogens (primary N) is 1. The maximum atomic E-state index is 6.18. The van der Waals surface area contributed by atoms with Crippen molar-refractivity contribution < 1.29 is 4.74 Å². The number of nitrogens with zero attached hydrogens (tertiary/aromatic N) is 2. The highest BCUT2D eigenvalue weighted by Gasteiger charge is 2.20. The predicted molar refractivity (Wildman–Crippen MR) is 108 cm³/mol. The highest BCUT2D eigenvalue weighted by Crippen LogP contribution is 2.37. The zero-order valence-electron chi connectivity index (χ0n) is 14.5. The first-order valence-corrected chi connectivity index (χ1v) is 9.51. The van der Waals surface area contributed by atoms with Gasteiger partial charge in [-0.2, -0.15) is 4.98 Å². The first-order valence-electron chi connectivity index (χ1n) is 8.33. The Morgan fingerprint density at radius 1 is 1.24 bits per heavy atom. The van der Waals surface area contributed by atoms with Crippen molar-refractivity contribution in [1.82, 2.24) is 9.55 Å². The summed E-state index contributed by atoms with van der Waals surface area (Å²) in [6.07, 6.45) is 2.14. The molecule has 3 rings (SSSR count). The van der Waals surface area contributed by atoms with E-state index in [1.807, 2.05) is 23.7 Å². The molecule has 0 saturated carbocycles. The Bertz CT molecular complexity index is 919. The van der Waals surface area contributed by atoms with Crippen LogP contribution < -0.4 is 10.5 Å². The summed E-state index contributed by atoms with van der Waals surface area (Å²) in [4.78, 5) is 4.64. The number of halogens is 2. The molecule has 2 aromatic carbocycles. The van der Waals surface area contributed by atoms with Crippen LogP contribution in [0.3, 0.4) is 0 Å². The quantitative estimate of drug-likeness (QED) is 0.493. The smallest absolute Gasteiger partial charge is 0.302 e. The van der Waals surface area contributed by atoms with Gasteiger partial charge < -0.3 is 10.5 Å². The summed E-state index contributed by atoms with van der Waals surface area (Å²) >= 11 is 9.48. The van der Waals surface area contributed by atoms with Crippen LogP contribution in [0.1, 0.15) is 38.2 Å². The van der Waals surface area contributed by atoms with Gasteiger partial charge in [-0.15, -0.1) is 0 Å². The lowest BCUT2D eigenvalue weighted by atomic mass is 9.92. The van der Waals surface area contributed by atoms with E-state index in [1.165, 1.54) is 5.56 Å². The summed E-state index contributed by atoms with van der Waals surface area (Å²) in [7, 11) is 1.96. The summed E-state index contributed by atoms with van der Waals surface area (Å²) < 4.78 is 8.78. The van der Waals surface area contributed by atoms with Gasteiger partial charge in [0.1, 0.15) is 11.3 Å². The van der Waals surface area contributed by atoms with Crippen molar-refractivity contribution in [2.75, 3.05) is 5.73 Å². The van der Waals surface area contributed by atoms with Gasteiger partial charge in [0.25, 0.3) is 0 Å². The third-order valence-electron chi connectivity index (χ3n) is 4.56. The Hall–Kier alpha value is -1.72. The molecular weight excluding hydrogens is 402 g/mol. The number of hydrogen-bond acceptors (Lipinski definition) is 3. The van der Waals surface area contributed by atoms with Gasteiger partial charge in [-0.05, 0) is 64.5 Å². The van der Waals surface area contributed by atoms with Gasteiger partial charge in [-0.3, -0.25) is 4.57 Å². The fourth-order valence-corrected chi connectivity index (χ4v) is 3.92. The van der Waals surface area contributed by atoms with Gasteiger partial charge in [0.2, 0.25) is 0 Å². The number of aromatic nitrogens is 2. The molecule has 3 aromatic rings. The van der Waals surface area contributed by atoms with Crippen molar-refractivity contribution in [3.8, 4) is 11.8 Å². The second-order valence-corrected chi connectivity index (χ2v) is 7.38. The molecule has 0 atom stereocenters. The monoisotopic (exact) mass is 421 g/mol. The molecule has 0 aliphatic rings. The number of nitrogen functional groups attached to an aromatic ring is 1. The van der Waals surface area contributed by atoms with Crippen LogP contribution >= 0.6 is 27.5 Å². The van der Waals surface area contributed by atoms with Crippen molar-refractivity contribution in [2.24, 2.45) is 7.05 Å². The van der Waals surface area contributed by atoms with Gasteiger partial charge in [0, 0.05) is 12.1 Å². The molecule has 0 spiro atoms. The summed E-state index contributed by atoms with van der Waals surface area (Å²) in [5, 5.41) is 0.643.